The van der Waals surface area contributed by atoms with Crippen molar-refractivity contribution in [2.75, 3.05) is 0 Å². The molecule has 0 amide bonds. The van der Waals surface area contributed by atoms with Crippen molar-refractivity contribution >= 4 is 9.06 Å². The van der Waals surface area contributed by atoms with E-state index in [0.29, 0.717) is 0 Å². The number of hydrogen-bond acceptors (Lipinski definition) is 2. The second kappa shape index (κ2) is 3.20. The van der Waals surface area contributed by atoms with Crippen LogP contribution in [-0.4, -0.2) is 29.3 Å². The van der Waals surface area contributed by atoms with Crippen LogP contribution in [0.3, 0.4) is 0 Å². The third-order valence-corrected chi connectivity index (χ3v) is 5.19. The standard InChI is InChI=1S/C10H20F2N2Si/c1-9(2,3)13-7-8-14(10(4,5)6)15(13,11)12/h7-8H,1-6H3. The molecule has 0 N–H and O–H groups in total. The zero-order chi connectivity index (χ0) is 12.1. The van der Waals surface area contributed by atoms with E-state index in [4.69, 9.17) is 0 Å². The van der Waals surface area contributed by atoms with Gasteiger partial charge >= 0.3 is 9.06 Å². The fourth-order valence-electron chi connectivity index (χ4n) is 1.68. The van der Waals surface area contributed by atoms with Crippen LogP contribution >= 0.6 is 0 Å². The first kappa shape index (κ1) is 12.5. The topological polar surface area (TPSA) is 6.48 Å². The molecule has 2 nitrogen and oxygen atoms in total. The predicted molar refractivity (Wildman–Crippen MR) is 60.3 cm³/mol. The van der Waals surface area contributed by atoms with Crippen molar-refractivity contribution in [2.45, 2.75) is 52.6 Å². The second-order valence-electron chi connectivity index (χ2n) is 5.89. The molecule has 15 heavy (non-hydrogen) atoms. The van der Waals surface area contributed by atoms with Crippen LogP contribution in [0.4, 0.5) is 8.22 Å². The van der Waals surface area contributed by atoms with E-state index in [2.05, 4.69) is 0 Å². The van der Waals surface area contributed by atoms with E-state index in [9.17, 15) is 8.22 Å². The van der Waals surface area contributed by atoms with Crippen LogP contribution in [0.1, 0.15) is 41.5 Å². The Kier molecular flexibility index (Phi) is 2.67. The van der Waals surface area contributed by atoms with Gasteiger partial charge in [0.25, 0.3) is 0 Å². The summed E-state index contributed by atoms with van der Waals surface area (Å²) in [5.74, 6) is 0. The summed E-state index contributed by atoms with van der Waals surface area (Å²) in [6, 6.07) is 0. The molecular formula is C10H20F2N2Si. The Balaban J connectivity index is 3.01. The summed E-state index contributed by atoms with van der Waals surface area (Å²) in [6.07, 6.45) is 3.05. The summed E-state index contributed by atoms with van der Waals surface area (Å²) in [7, 11) is -4.51. The Bertz CT molecular complexity index is 250. The van der Waals surface area contributed by atoms with Gasteiger partial charge in [0.2, 0.25) is 0 Å². The van der Waals surface area contributed by atoms with E-state index >= 15 is 0 Å². The Morgan fingerprint density at radius 2 is 1.07 bits per heavy atom. The first-order valence-electron chi connectivity index (χ1n) is 5.12. The Hall–Kier alpha value is -0.583. The zero-order valence-electron chi connectivity index (χ0n) is 10.3. The SMILES string of the molecule is CC(C)(C)N1C=CN(C(C)(C)C)[Si]1(F)F. The average molecular weight is 234 g/mol. The van der Waals surface area contributed by atoms with Gasteiger partial charge in [0.05, 0.1) is 0 Å². The first-order valence-corrected chi connectivity index (χ1v) is 6.77. The Morgan fingerprint density at radius 3 is 1.20 bits per heavy atom. The molecule has 1 rings (SSSR count). The smallest absolute Gasteiger partial charge is 0.330 e. The maximum absolute atomic E-state index is 14.2. The highest BCUT2D eigenvalue weighted by atomic mass is 28.4. The maximum atomic E-state index is 14.2. The molecule has 1 aliphatic heterocycles. The molecule has 0 unspecified atom stereocenters. The van der Waals surface area contributed by atoms with Crippen LogP contribution in [0.2, 0.25) is 0 Å². The molecule has 0 fully saturated rings. The minimum absolute atomic E-state index is 0.522. The molecule has 0 saturated heterocycles. The number of rotatable bonds is 0. The van der Waals surface area contributed by atoms with Crippen molar-refractivity contribution in [1.29, 1.82) is 0 Å². The molecule has 0 atom stereocenters. The van der Waals surface area contributed by atoms with E-state index in [1.165, 1.54) is 21.5 Å². The van der Waals surface area contributed by atoms with Crippen molar-refractivity contribution in [2.24, 2.45) is 0 Å². The molecule has 0 bridgehead atoms. The lowest BCUT2D eigenvalue weighted by atomic mass is 10.1. The van der Waals surface area contributed by atoms with Crippen LogP contribution in [0.25, 0.3) is 0 Å². The largest absolute Gasteiger partial charge is 0.667 e. The quantitative estimate of drug-likeness (QED) is 0.469. The molecule has 5 heteroatoms. The second-order valence-corrected chi connectivity index (χ2v) is 7.87. The van der Waals surface area contributed by atoms with Crippen molar-refractivity contribution in [1.82, 2.24) is 9.13 Å². The normalized spacial score (nSPS) is 21.3. The minimum atomic E-state index is -4.51. The van der Waals surface area contributed by atoms with E-state index in [1.807, 2.05) is 41.5 Å². The van der Waals surface area contributed by atoms with E-state index in [0.717, 1.165) is 0 Å². The lowest BCUT2D eigenvalue weighted by Gasteiger charge is -2.41. The van der Waals surface area contributed by atoms with Gasteiger partial charge in [-0.3, -0.25) is 0 Å². The molecule has 88 valence electrons. The number of nitrogens with zero attached hydrogens (tertiary/aromatic N) is 2. The van der Waals surface area contributed by atoms with Crippen molar-refractivity contribution in [3.63, 3.8) is 0 Å². The highest BCUT2D eigenvalue weighted by Crippen LogP contribution is 2.36. The zero-order valence-corrected chi connectivity index (χ0v) is 11.3. The summed E-state index contributed by atoms with van der Waals surface area (Å²) in [4.78, 5) is 0. The first-order chi connectivity index (χ1) is 6.47. The molecule has 0 aliphatic carbocycles. The molecule has 0 aromatic heterocycles. The van der Waals surface area contributed by atoms with E-state index < -0.39 is 20.1 Å². The maximum Gasteiger partial charge on any atom is 0.667 e. The molecule has 1 heterocycles. The van der Waals surface area contributed by atoms with Gasteiger partial charge in [-0.25, -0.2) is 8.22 Å². The highest BCUT2D eigenvalue weighted by Gasteiger charge is 2.59. The molecular weight excluding hydrogens is 214 g/mol. The highest BCUT2D eigenvalue weighted by molar-refractivity contribution is 6.61. The van der Waals surface area contributed by atoms with E-state index in [1.54, 1.807) is 0 Å². The summed E-state index contributed by atoms with van der Waals surface area (Å²) >= 11 is 0. The van der Waals surface area contributed by atoms with Crippen LogP contribution in [0.5, 0.6) is 0 Å². The van der Waals surface area contributed by atoms with Crippen LogP contribution in [0, 0.1) is 0 Å². The lowest BCUT2D eigenvalue weighted by molar-refractivity contribution is 0.195. The summed E-state index contributed by atoms with van der Waals surface area (Å²) in [5, 5.41) is 0. The van der Waals surface area contributed by atoms with Gasteiger partial charge in [0.1, 0.15) is 0 Å². The van der Waals surface area contributed by atoms with Crippen LogP contribution < -0.4 is 0 Å². The fourth-order valence-corrected chi connectivity index (χ4v) is 4.02. The van der Waals surface area contributed by atoms with Crippen molar-refractivity contribution in [3.05, 3.63) is 12.4 Å². The van der Waals surface area contributed by atoms with E-state index in [-0.39, 0.29) is 0 Å². The van der Waals surface area contributed by atoms with Crippen LogP contribution in [-0.2, 0) is 0 Å². The Morgan fingerprint density at radius 1 is 0.800 bits per heavy atom. The molecule has 0 aromatic rings. The van der Waals surface area contributed by atoms with Gasteiger partial charge in [-0.2, -0.15) is 0 Å². The average Bonchev–Trinajstić information content (AvgIpc) is 2.21. The molecule has 0 aromatic carbocycles. The third kappa shape index (κ3) is 2.17. The van der Waals surface area contributed by atoms with Gasteiger partial charge in [-0.15, -0.1) is 0 Å². The summed E-state index contributed by atoms with van der Waals surface area (Å²) in [6.45, 7) is 10.9. The molecule has 0 radical (unpaired) electrons. The van der Waals surface area contributed by atoms with Crippen molar-refractivity contribution < 1.29 is 8.22 Å². The van der Waals surface area contributed by atoms with Crippen LogP contribution in [0.15, 0.2) is 12.4 Å². The third-order valence-electron chi connectivity index (χ3n) is 2.39. The molecule has 0 spiro atoms. The molecule has 1 aliphatic rings. The lowest BCUT2D eigenvalue weighted by Crippen LogP contribution is -2.62. The monoisotopic (exact) mass is 234 g/mol. The van der Waals surface area contributed by atoms with Gasteiger partial charge in [-0.05, 0) is 41.5 Å². The van der Waals surface area contributed by atoms with Gasteiger partial charge < -0.3 is 9.13 Å². The Labute approximate surface area is 92.1 Å². The van der Waals surface area contributed by atoms with Gasteiger partial charge in [0, 0.05) is 23.5 Å². The van der Waals surface area contributed by atoms with Gasteiger partial charge in [0.15, 0.2) is 0 Å². The minimum Gasteiger partial charge on any atom is -0.330 e. The predicted octanol–water partition coefficient (Wildman–Crippen LogP) is 3.05. The number of hydrogen-bond donors (Lipinski definition) is 0. The number of halogens is 2. The fraction of sp³-hybridized carbons (Fsp3) is 0.800. The van der Waals surface area contributed by atoms with Gasteiger partial charge in [-0.1, -0.05) is 0 Å². The summed E-state index contributed by atoms with van der Waals surface area (Å²) < 4.78 is 30.8. The molecule has 0 saturated carbocycles. The van der Waals surface area contributed by atoms with Crippen molar-refractivity contribution in [3.8, 4) is 0 Å². The summed E-state index contributed by atoms with van der Waals surface area (Å²) in [5.41, 5.74) is -1.04.